The van der Waals surface area contributed by atoms with Gasteiger partial charge in [-0.15, -0.1) is 0 Å². The molecule has 0 N–H and O–H groups in total. The van der Waals surface area contributed by atoms with Gasteiger partial charge in [-0.1, -0.05) is 273 Å². The van der Waals surface area contributed by atoms with Gasteiger partial charge in [0.2, 0.25) is 0 Å². The highest BCUT2D eigenvalue weighted by molar-refractivity contribution is 5.71. The number of esters is 3. The van der Waals surface area contributed by atoms with Crippen LogP contribution in [0.4, 0.5) is 0 Å². The summed E-state index contributed by atoms with van der Waals surface area (Å²) in [6.07, 6.45) is 70.5. The first-order valence-electron chi connectivity index (χ1n) is 28.4. The Bertz CT molecular complexity index is 1260. The van der Waals surface area contributed by atoms with E-state index in [1.807, 2.05) is 6.08 Å². The van der Waals surface area contributed by atoms with Crippen LogP contribution in [0.1, 0.15) is 278 Å². The molecule has 0 aliphatic carbocycles. The number of rotatable bonds is 51. The first-order valence-corrected chi connectivity index (χ1v) is 28.4. The molecule has 0 bridgehead atoms. The van der Waals surface area contributed by atoms with E-state index in [2.05, 4.69) is 87.6 Å². The van der Waals surface area contributed by atoms with Gasteiger partial charge < -0.3 is 14.2 Å². The maximum absolute atomic E-state index is 12.8. The second-order valence-corrected chi connectivity index (χ2v) is 18.8. The van der Waals surface area contributed by atoms with Gasteiger partial charge in [0.25, 0.3) is 0 Å². The predicted molar refractivity (Wildman–Crippen MR) is 288 cm³/mol. The summed E-state index contributed by atoms with van der Waals surface area (Å²) in [5.41, 5.74) is 0. The van der Waals surface area contributed by atoms with E-state index in [0.717, 1.165) is 77.0 Å². The van der Waals surface area contributed by atoms with Gasteiger partial charge in [0.15, 0.2) is 6.10 Å². The average Bonchev–Trinajstić information content (AvgIpc) is 3.33. The summed E-state index contributed by atoms with van der Waals surface area (Å²) >= 11 is 0. The molecule has 1 atom stereocenters. The summed E-state index contributed by atoms with van der Waals surface area (Å²) in [6.45, 7) is 6.48. The lowest BCUT2D eigenvalue weighted by Gasteiger charge is -2.18. The van der Waals surface area contributed by atoms with E-state index in [4.69, 9.17) is 14.2 Å². The normalized spacial score (nSPS) is 12.6. The Kier molecular flexibility index (Phi) is 52.8. The van der Waals surface area contributed by atoms with Gasteiger partial charge in [-0.2, -0.15) is 0 Å². The third kappa shape index (κ3) is 53.7. The van der Waals surface area contributed by atoms with Gasteiger partial charge in [0.05, 0.1) is 0 Å². The lowest BCUT2D eigenvalue weighted by atomic mass is 10.0. The summed E-state index contributed by atoms with van der Waals surface area (Å²) in [6, 6.07) is 0. The molecule has 6 heteroatoms. The standard InChI is InChI=1S/C61H106O6/c1-4-7-10-13-16-19-22-24-26-28-30-32-34-36-39-42-45-48-51-54-60(63)66-57-58(56-65-59(62)53-50-47-44-41-38-21-18-15-12-9-6-3)67-61(64)55-52-49-46-43-40-37-35-33-31-29-27-25-23-20-17-14-11-8-5-2/h8,11,17,20,25,27,31,33,37,40,46,49,58H,4-7,9-10,12-16,18-19,21-24,26,28-30,32,34-36,38-39,41-45,47-48,50-57H2,1-3H3/b11-8-,20-17-,27-25-,33-31-,40-37-,49-46-/t58-/m0/s1. The molecule has 0 fully saturated rings. The molecular weight excluding hydrogens is 829 g/mol. The summed E-state index contributed by atoms with van der Waals surface area (Å²) in [4.78, 5) is 38.0. The van der Waals surface area contributed by atoms with Crippen LogP contribution in [0.3, 0.4) is 0 Å². The topological polar surface area (TPSA) is 78.9 Å². The highest BCUT2D eigenvalue weighted by Gasteiger charge is 2.19. The van der Waals surface area contributed by atoms with Crippen molar-refractivity contribution in [2.24, 2.45) is 0 Å². The molecule has 0 radical (unpaired) electrons. The number of unbranched alkanes of at least 4 members (excludes halogenated alkanes) is 28. The first-order chi connectivity index (χ1) is 33.0. The van der Waals surface area contributed by atoms with Gasteiger partial charge in [-0.3, -0.25) is 14.4 Å². The molecule has 386 valence electrons. The quantitative estimate of drug-likeness (QED) is 0.0262. The Hall–Kier alpha value is -3.15. The van der Waals surface area contributed by atoms with Crippen molar-refractivity contribution < 1.29 is 28.6 Å². The zero-order valence-electron chi connectivity index (χ0n) is 44.2. The Labute approximate surface area is 414 Å². The zero-order chi connectivity index (χ0) is 48.6. The smallest absolute Gasteiger partial charge is 0.306 e. The minimum Gasteiger partial charge on any atom is -0.462 e. The summed E-state index contributed by atoms with van der Waals surface area (Å²) in [7, 11) is 0. The van der Waals surface area contributed by atoms with Gasteiger partial charge in [0.1, 0.15) is 13.2 Å². The van der Waals surface area contributed by atoms with E-state index in [-0.39, 0.29) is 37.5 Å². The van der Waals surface area contributed by atoms with Crippen LogP contribution in [0.2, 0.25) is 0 Å². The fraction of sp³-hybridized carbons (Fsp3) is 0.754. The van der Waals surface area contributed by atoms with Crippen LogP contribution < -0.4 is 0 Å². The van der Waals surface area contributed by atoms with Gasteiger partial charge in [0, 0.05) is 19.3 Å². The molecule has 0 rings (SSSR count). The maximum Gasteiger partial charge on any atom is 0.306 e. The van der Waals surface area contributed by atoms with Crippen molar-refractivity contribution in [3.8, 4) is 0 Å². The van der Waals surface area contributed by atoms with Gasteiger partial charge in [-0.05, 0) is 57.8 Å². The van der Waals surface area contributed by atoms with Crippen LogP contribution >= 0.6 is 0 Å². The van der Waals surface area contributed by atoms with E-state index in [0.29, 0.717) is 19.3 Å². The third-order valence-corrected chi connectivity index (χ3v) is 12.2. The first kappa shape index (κ1) is 63.8. The van der Waals surface area contributed by atoms with E-state index < -0.39 is 6.10 Å². The molecule has 67 heavy (non-hydrogen) atoms. The lowest BCUT2D eigenvalue weighted by molar-refractivity contribution is -0.166. The van der Waals surface area contributed by atoms with Gasteiger partial charge in [-0.25, -0.2) is 0 Å². The van der Waals surface area contributed by atoms with Crippen LogP contribution in [-0.4, -0.2) is 37.2 Å². The Morgan fingerprint density at radius 1 is 0.313 bits per heavy atom. The molecular formula is C61H106O6. The van der Waals surface area contributed by atoms with Crippen molar-refractivity contribution >= 4 is 17.9 Å². The highest BCUT2D eigenvalue weighted by atomic mass is 16.6. The number of ether oxygens (including phenoxy) is 3. The van der Waals surface area contributed by atoms with Crippen LogP contribution in [0, 0.1) is 0 Å². The van der Waals surface area contributed by atoms with Crippen molar-refractivity contribution in [3.63, 3.8) is 0 Å². The number of allylic oxidation sites excluding steroid dienone is 12. The van der Waals surface area contributed by atoms with Crippen molar-refractivity contribution in [2.75, 3.05) is 13.2 Å². The summed E-state index contributed by atoms with van der Waals surface area (Å²) < 4.78 is 16.8. The Morgan fingerprint density at radius 2 is 0.582 bits per heavy atom. The van der Waals surface area contributed by atoms with Crippen LogP contribution in [-0.2, 0) is 28.6 Å². The van der Waals surface area contributed by atoms with E-state index in [1.165, 1.54) is 154 Å². The second kappa shape index (κ2) is 55.4. The largest absolute Gasteiger partial charge is 0.462 e. The maximum atomic E-state index is 12.8. The molecule has 6 nitrogen and oxygen atoms in total. The lowest BCUT2D eigenvalue weighted by Crippen LogP contribution is -2.30. The summed E-state index contributed by atoms with van der Waals surface area (Å²) in [5.74, 6) is -0.977. The SMILES string of the molecule is CC/C=C\C/C=C\C/C=C\C/C=C\C/C=C\C/C=C\CCC(=O)O[C@@H](COC(=O)CCCCCCCCCCCCC)COC(=O)CCCCCCCCCCCCCCCCCCCCC. The minimum atomic E-state index is -0.812. The van der Waals surface area contributed by atoms with Crippen molar-refractivity contribution in [1.82, 2.24) is 0 Å². The molecule has 0 saturated carbocycles. The molecule has 0 aromatic heterocycles. The molecule has 0 aliphatic rings. The molecule has 0 amide bonds. The fourth-order valence-corrected chi connectivity index (χ4v) is 8.00. The summed E-state index contributed by atoms with van der Waals surface area (Å²) in [5, 5.41) is 0. The monoisotopic (exact) mass is 935 g/mol. The van der Waals surface area contributed by atoms with Crippen molar-refractivity contribution in [2.45, 2.75) is 284 Å². The third-order valence-electron chi connectivity index (χ3n) is 12.2. The Balaban J connectivity index is 4.42. The van der Waals surface area contributed by atoms with Crippen LogP contribution in [0.5, 0.6) is 0 Å². The van der Waals surface area contributed by atoms with E-state index >= 15 is 0 Å². The second-order valence-electron chi connectivity index (χ2n) is 18.8. The van der Waals surface area contributed by atoms with Gasteiger partial charge >= 0.3 is 17.9 Å². The number of carbonyl (C=O) groups excluding carboxylic acids is 3. The van der Waals surface area contributed by atoms with Crippen molar-refractivity contribution in [1.29, 1.82) is 0 Å². The van der Waals surface area contributed by atoms with Crippen LogP contribution in [0.25, 0.3) is 0 Å². The Morgan fingerprint density at radius 3 is 0.881 bits per heavy atom. The fourth-order valence-electron chi connectivity index (χ4n) is 8.00. The van der Waals surface area contributed by atoms with Crippen LogP contribution in [0.15, 0.2) is 72.9 Å². The number of hydrogen-bond donors (Lipinski definition) is 0. The zero-order valence-corrected chi connectivity index (χ0v) is 44.2. The molecule has 0 aliphatic heterocycles. The van der Waals surface area contributed by atoms with E-state index in [9.17, 15) is 14.4 Å². The molecule has 0 unspecified atom stereocenters. The minimum absolute atomic E-state index is 0.102. The molecule has 0 aromatic carbocycles. The predicted octanol–water partition coefficient (Wildman–Crippen LogP) is 19.0. The van der Waals surface area contributed by atoms with E-state index in [1.54, 1.807) is 0 Å². The number of hydrogen-bond acceptors (Lipinski definition) is 6. The highest BCUT2D eigenvalue weighted by Crippen LogP contribution is 2.16. The number of carbonyl (C=O) groups is 3. The molecule has 0 spiro atoms. The molecule has 0 saturated heterocycles. The molecule has 0 aromatic rings. The molecule has 0 heterocycles. The van der Waals surface area contributed by atoms with Crippen molar-refractivity contribution in [3.05, 3.63) is 72.9 Å². The average molecular weight is 936 g/mol.